The maximum absolute atomic E-state index is 2.40. The van der Waals surface area contributed by atoms with Gasteiger partial charge in [-0.3, -0.25) is 0 Å². The summed E-state index contributed by atoms with van der Waals surface area (Å²) >= 11 is 7.49. The van der Waals surface area contributed by atoms with Crippen LogP contribution in [0.1, 0.15) is 9.75 Å². The van der Waals surface area contributed by atoms with E-state index in [4.69, 9.17) is 0 Å². The van der Waals surface area contributed by atoms with Gasteiger partial charge in [0.05, 0.1) is 0 Å². The van der Waals surface area contributed by atoms with Crippen molar-refractivity contribution >= 4 is 97.8 Å². The molecule has 0 nitrogen and oxygen atoms in total. The third-order valence-corrected chi connectivity index (χ3v) is 13.6. The molecule has 0 aliphatic rings. The molecule has 0 N–H and O–H groups in total. The lowest BCUT2D eigenvalue weighted by Gasteiger charge is -2.14. The van der Waals surface area contributed by atoms with E-state index in [2.05, 4.69) is 169 Å². The molecule has 0 fully saturated rings. The van der Waals surface area contributed by atoms with E-state index in [-0.39, 0.29) is 0 Å². The van der Waals surface area contributed by atoms with Gasteiger partial charge in [-0.1, -0.05) is 121 Å². The molecule has 0 radical (unpaired) electrons. The second-order valence-corrected chi connectivity index (χ2v) is 16.4. The highest BCUT2D eigenvalue weighted by Gasteiger charge is 2.22. The van der Waals surface area contributed by atoms with E-state index in [0.29, 0.717) is 0 Å². The van der Waals surface area contributed by atoms with Crippen molar-refractivity contribution in [3.63, 3.8) is 0 Å². The number of fused-ring (bicyclic) bond motifs is 6. The molecule has 4 heteroatoms. The summed E-state index contributed by atoms with van der Waals surface area (Å²) < 4.78 is 5.39. The molecule has 0 unspecified atom stereocenters. The number of benzene rings is 6. The second-order valence-electron chi connectivity index (χ2n) is 12.4. The molecular formula is C46H28S4. The number of hydrogen-bond acceptors (Lipinski definition) is 4. The van der Waals surface area contributed by atoms with Crippen molar-refractivity contribution in [3.05, 3.63) is 166 Å². The van der Waals surface area contributed by atoms with Crippen LogP contribution in [0.25, 0.3) is 97.0 Å². The zero-order chi connectivity index (χ0) is 33.0. The first-order chi connectivity index (χ1) is 24.8. The predicted molar refractivity (Wildman–Crippen MR) is 225 cm³/mol. The van der Waals surface area contributed by atoms with Crippen LogP contribution in [0.3, 0.4) is 0 Å². The number of rotatable bonds is 6. The Kier molecular flexibility index (Phi) is 7.35. The molecule has 0 amide bonds. The molecular weight excluding hydrogens is 681 g/mol. The summed E-state index contributed by atoms with van der Waals surface area (Å²) in [5, 5.41) is 9.83. The zero-order valence-corrected chi connectivity index (χ0v) is 30.1. The molecule has 0 atom stereocenters. The molecule has 0 spiro atoms. The summed E-state index contributed by atoms with van der Waals surface area (Å²) in [5.41, 5.74) is 10.4. The van der Waals surface area contributed by atoms with Crippen molar-refractivity contribution in [2.24, 2.45) is 0 Å². The standard InChI is InChI=1S/C46H28S4/c1-5-13-29(14-6-1)39-41(31-17-9-3-10-18-31)45-37(35-23-25-47-43(35)39)27-33(49-45)21-22-34-28-38-36-24-26-48-44(36)40(30-15-7-2-8-16-30)42(46(38)50-34)32-19-11-4-12-20-32/h1-28H/b22-21+. The van der Waals surface area contributed by atoms with Gasteiger partial charge in [0.1, 0.15) is 0 Å². The Balaban J connectivity index is 1.17. The van der Waals surface area contributed by atoms with Crippen LogP contribution in [-0.2, 0) is 0 Å². The molecule has 6 aromatic carbocycles. The first-order valence-corrected chi connectivity index (χ1v) is 20.0. The zero-order valence-electron chi connectivity index (χ0n) is 26.8. The molecule has 10 rings (SSSR count). The normalized spacial score (nSPS) is 11.9. The smallest absolute Gasteiger partial charge is 0.0440 e. The Labute approximate surface area is 306 Å². The summed E-state index contributed by atoms with van der Waals surface area (Å²) in [6.45, 7) is 0. The molecule has 0 saturated heterocycles. The Hall–Kier alpha value is -5.10. The maximum atomic E-state index is 2.40. The van der Waals surface area contributed by atoms with Crippen LogP contribution >= 0.6 is 45.3 Å². The molecule has 0 aliphatic carbocycles. The second kappa shape index (κ2) is 12.3. The van der Waals surface area contributed by atoms with Gasteiger partial charge in [-0.15, -0.1) is 45.3 Å². The van der Waals surface area contributed by atoms with Crippen LogP contribution in [0.15, 0.2) is 156 Å². The van der Waals surface area contributed by atoms with E-state index in [1.165, 1.54) is 94.6 Å². The van der Waals surface area contributed by atoms with E-state index < -0.39 is 0 Å². The fraction of sp³-hybridized carbons (Fsp3) is 0. The van der Waals surface area contributed by atoms with Crippen LogP contribution < -0.4 is 0 Å². The van der Waals surface area contributed by atoms with Gasteiger partial charge in [-0.05, 0) is 69.4 Å². The molecule has 4 heterocycles. The minimum Gasteiger partial charge on any atom is -0.143 e. The first-order valence-electron chi connectivity index (χ1n) is 16.6. The van der Waals surface area contributed by atoms with Crippen LogP contribution in [0.4, 0.5) is 0 Å². The highest BCUT2D eigenvalue weighted by molar-refractivity contribution is 7.23. The monoisotopic (exact) mass is 708 g/mol. The lowest BCUT2D eigenvalue weighted by atomic mass is 9.92. The summed E-state index contributed by atoms with van der Waals surface area (Å²) in [6, 6.07) is 53.1. The largest absolute Gasteiger partial charge is 0.143 e. The predicted octanol–water partition coefficient (Wildman–Crippen LogP) is 15.4. The van der Waals surface area contributed by atoms with Gasteiger partial charge in [0.2, 0.25) is 0 Å². The van der Waals surface area contributed by atoms with Crippen molar-refractivity contribution in [2.75, 3.05) is 0 Å². The maximum Gasteiger partial charge on any atom is 0.0440 e. The average Bonchev–Trinajstić information content (AvgIpc) is 4.00. The van der Waals surface area contributed by atoms with Gasteiger partial charge in [-0.25, -0.2) is 0 Å². The molecule has 0 saturated carbocycles. The van der Waals surface area contributed by atoms with Gasteiger partial charge in [-0.2, -0.15) is 0 Å². The fourth-order valence-corrected chi connectivity index (χ4v) is 11.6. The quantitative estimate of drug-likeness (QED) is 0.161. The van der Waals surface area contributed by atoms with E-state index >= 15 is 0 Å². The Morgan fingerprint density at radius 1 is 0.320 bits per heavy atom. The molecule has 10 aromatic rings. The summed E-state index contributed by atoms with van der Waals surface area (Å²) in [4.78, 5) is 2.53. The van der Waals surface area contributed by atoms with Crippen LogP contribution in [0, 0.1) is 0 Å². The lowest BCUT2D eigenvalue weighted by molar-refractivity contribution is 1.65. The van der Waals surface area contributed by atoms with Crippen molar-refractivity contribution in [1.82, 2.24) is 0 Å². The first kappa shape index (κ1) is 29.8. The minimum absolute atomic E-state index is 1.26. The van der Waals surface area contributed by atoms with Gasteiger partial charge in [0.15, 0.2) is 0 Å². The minimum atomic E-state index is 1.26. The van der Waals surface area contributed by atoms with E-state index in [1.54, 1.807) is 0 Å². The van der Waals surface area contributed by atoms with Gasteiger partial charge < -0.3 is 0 Å². The third kappa shape index (κ3) is 4.91. The SMILES string of the molecule is C(=C\c1cc2c(s1)c(-c1ccccc1)c(-c1ccccc1)c1sccc12)/c1cc2c(s1)c(-c1ccccc1)c(-c1ccccc1)c1sccc12. The van der Waals surface area contributed by atoms with Crippen LogP contribution in [0.2, 0.25) is 0 Å². The van der Waals surface area contributed by atoms with E-state index in [1.807, 2.05) is 45.3 Å². The highest BCUT2D eigenvalue weighted by Crippen LogP contribution is 2.51. The van der Waals surface area contributed by atoms with Crippen LogP contribution in [-0.4, -0.2) is 0 Å². The van der Waals surface area contributed by atoms with Crippen LogP contribution in [0.5, 0.6) is 0 Å². The number of hydrogen-bond donors (Lipinski definition) is 0. The van der Waals surface area contributed by atoms with Crippen molar-refractivity contribution in [1.29, 1.82) is 0 Å². The van der Waals surface area contributed by atoms with E-state index in [9.17, 15) is 0 Å². The topological polar surface area (TPSA) is 0 Å². The average molecular weight is 709 g/mol. The molecule has 4 aromatic heterocycles. The lowest BCUT2D eigenvalue weighted by Crippen LogP contribution is -1.87. The molecule has 0 aliphatic heterocycles. The van der Waals surface area contributed by atoms with E-state index in [0.717, 1.165) is 0 Å². The molecule has 0 bridgehead atoms. The summed E-state index contributed by atoms with van der Waals surface area (Å²) in [6.07, 6.45) is 4.66. The Morgan fingerprint density at radius 3 is 0.980 bits per heavy atom. The van der Waals surface area contributed by atoms with Crippen molar-refractivity contribution in [3.8, 4) is 44.5 Å². The van der Waals surface area contributed by atoms with Gasteiger partial charge in [0.25, 0.3) is 0 Å². The van der Waals surface area contributed by atoms with Gasteiger partial charge in [0, 0.05) is 72.4 Å². The Morgan fingerprint density at radius 2 is 0.640 bits per heavy atom. The van der Waals surface area contributed by atoms with Crippen molar-refractivity contribution < 1.29 is 0 Å². The molecule has 236 valence electrons. The van der Waals surface area contributed by atoms with Gasteiger partial charge >= 0.3 is 0 Å². The Bertz CT molecular complexity index is 2630. The highest BCUT2D eigenvalue weighted by atomic mass is 32.1. The number of thiophene rings is 4. The third-order valence-electron chi connectivity index (χ3n) is 9.48. The fourth-order valence-electron chi connectivity index (χ4n) is 7.33. The molecule has 50 heavy (non-hydrogen) atoms. The summed E-state index contributed by atoms with van der Waals surface area (Å²) in [7, 11) is 0. The van der Waals surface area contributed by atoms with Crippen molar-refractivity contribution in [2.45, 2.75) is 0 Å². The summed E-state index contributed by atoms with van der Waals surface area (Å²) in [5.74, 6) is 0.